The molecule has 19 heavy (non-hydrogen) atoms. The summed E-state index contributed by atoms with van der Waals surface area (Å²) in [6.45, 7) is 1.92. The van der Waals surface area contributed by atoms with Gasteiger partial charge in [-0.15, -0.1) is 0 Å². The third-order valence-electron chi connectivity index (χ3n) is 2.93. The van der Waals surface area contributed by atoms with Crippen LogP contribution in [0.5, 0.6) is 0 Å². The summed E-state index contributed by atoms with van der Waals surface area (Å²) in [6.07, 6.45) is 0. The van der Waals surface area contributed by atoms with Crippen molar-refractivity contribution in [3.63, 3.8) is 0 Å². The van der Waals surface area contributed by atoms with Gasteiger partial charge in [-0.1, -0.05) is 37.3 Å². The molecule has 0 aliphatic rings. The Balaban J connectivity index is 2.18. The molecule has 5 nitrogen and oxygen atoms in total. The number of nitrogens with two attached hydrogens (primary N) is 1. The third kappa shape index (κ3) is 3.35. The monoisotopic (exact) mass is 279 g/mol. The van der Waals surface area contributed by atoms with E-state index in [9.17, 15) is 8.42 Å². The zero-order valence-electron chi connectivity index (χ0n) is 10.8. The van der Waals surface area contributed by atoms with Gasteiger partial charge in [0.25, 0.3) is 0 Å². The first-order chi connectivity index (χ1) is 9.02. The molecule has 0 unspecified atom stereocenters. The highest BCUT2D eigenvalue weighted by molar-refractivity contribution is 7.91. The van der Waals surface area contributed by atoms with E-state index in [1.807, 2.05) is 30.3 Å². The number of nitrogens with zero attached hydrogens (tertiary/aromatic N) is 2. The molecule has 0 saturated carbocycles. The molecule has 1 aromatic carbocycles. The van der Waals surface area contributed by atoms with E-state index in [0.717, 1.165) is 11.3 Å². The van der Waals surface area contributed by atoms with Gasteiger partial charge >= 0.3 is 0 Å². The molecule has 0 radical (unpaired) electrons. The van der Waals surface area contributed by atoms with Crippen molar-refractivity contribution in [2.45, 2.75) is 13.5 Å². The van der Waals surface area contributed by atoms with Gasteiger partial charge in [0.05, 0.1) is 18.0 Å². The van der Waals surface area contributed by atoms with Gasteiger partial charge in [0.15, 0.2) is 9.84 Å². The van der Waals surface area contributed by atoms with Crippen LogP contribution in [0.1, 0.15) is 6.92 Å². The maximum Gasteiger partial charge on any atom is 0.151 e. The summed E-state index contributed by atoms with van der Waals surface area (Å²) in [5.74, 6) is 0.675. The van der Waals surface area contributed by atoms with Crippen molar-refractivity contribution < 1.29 is 8.42 Å². The number of rotatable bonds is 5. The smallest absolute Gasteiger partial charge is 0.151 e. The van der Waals surface area contributed by atoms with Crippen molar-refractivity contribution in [1.82, 2.24) is 9.78 Å². The number of anilines is 1. The van der Waals surface area contributed by atoms with Crippen LogP contribution in [0.4, 0.5) is 5.82 Å². The van der Waals surface area contributed by atoms with Gasteiger partial charge in [0.1, 0.15) is 5.82 Å². The standard InChI is InChI=1S/C13H17N3O2S/c1-2-19(17,18)9-8-16-13(14)10-12(15-16)11-6-4-3-5-7-11/h3-7,10H,2,8-9,14H2,1H3. The molecule has 0 amide bonds. The first-order valence-corrected chi connectivity index (χ1v) is 7.93. The molecule has 0 spiro atoms. The summed E-state index contributed by atoms with van der Waals surface area (Å²) in [4.78, 5) is 0. The average molecular weight is 279 g/mol. The van der Waals surface area contributed by atoms with Crippen molar-refractivity contribution in [2.24, 2.45) is 0 Å². The molecule has 2 aromatic rings. The lowest BCUT2D eigenvalue weighted by atomic mass is 10.2. The van der Waals surface area contributed by atoms with Crippen LogP contribution >= 0.6 is 0 Å². The summed E-state index contributed by atoms with van der Waals surface area (Å²) in [5.41, 5.74) is 7.58. The first-order valence-electron chi connectivity index (χ1n) is 6.11. The molecule has 6 heteroatoms. The second-order valence-corrected chi connectivity index (χ2v) is 6.75. The fourth-order valence-corrected chi connectivity index (χ4v) is 2.47. The molecule has 2 rings (SSSR count). The number of aryl methyl sites for hydroxylation is 1. The summed E-state index contributed by atoms with van der Waals surface area (Å²) in [5, 5.41) is 4.34. The van der Waals surface area contributed by atoms with E-state index < -0.39 is 9.84 Å². The fraction of sp³-hybridized carbons (Fsp3) is 0.308. The SMILES string of the molecule is CCS(=O)(=O)CCn1nc(-c2ccccc2)cc1N. The molecule has 1 heterocycles. The highest BCUT2D eigenvalue weighted by atomic mass is 32.2. The summed E-state index contributed by atoms with van der Waals surface area (Å²) in [6, 6.07) is 11.4. The van der Waals surface area contributed by atoms with Crippen LogP contribution in [0.3, 0.4) is 0 Å². The Morgan fingerprint density at radius 3 is 2.58 bits per heavy atom. The molecule has 0 fully saturated rings. The predicted octanol–water partition coefficient (Wildman–Crippen LogP) is 1.57. The molecule has 102 valence electrons. The van der Waals surface area contributed by atoms with E-state index in [1.165, 1.54) is 4.68 Å². The Hall–Kier alpha value is -1.82. The lowest BCUT2D eigenvalue weighted by Crippen LogP contribution is -2.16. The van der Waals surface area contributed by atoms with Gasteiger partial charge < -0.3 is 5.73 Å². The first kappa shape index (κ1) is 13.6. The zero-order valence-corrected chi connectivity index (χ0v) is 11.6. The normalized spacial score (nSPS) is 11.6. The molecule has 2 N–H and O–H groups in total. The summed E-state index contributed by atoms with van der Waals surface area (Å²) in [7, 11) is -3.01. The lowest BCUT2D eigenvalue weighted by molar-refractivity contribution is 0.583. The second kappa shape index (κ2) is 5.44. The summed E-state index contributed by atoms with van der Waals surface area (Å²) < 4.78 is 24.5. The Kier molecular flexibility index (Phi) is 3.90. The third-order valence-corrected chi connectivity index (χ3v) is 4.62. The maximum atomic E-state index is 11.5. The molecule has 0 aliphatic heterocycles. The molecular formula is C13H17N3O2S. The van der Waals surface area contributed by atoms with E-state index in [1.54, 1.807) is 13.0 Å². The molecular weight excluding hydrogens is 262 g/mol. The molecule has 0 atom stereocenters. The van der Waals surface area contributed by atoms with Crippen molar-refractivity contribution in [2.75, 3.05) is 17.2 Å². The quantitative estimate of drug-likeness (QED) is 0.901. The number of hydrogen-bond acceptors (Lipinski definition) is 4. The van der Waals surface area contributed by atoms with Crippen molar-refractivity contribution in [3.8, 4) is 11.3 Å². The van der Waals surface area contributed by atoms with Gasteiger partial charge in [-0.25, -0.2) is 13.1 Å². The molecule has 0 bridgehead atoms. The molecule has 1 aromatic heterocycles. The van der Waals surface area contributed by atoms with Crippen LogP contribution in [-0.2, 0) is 16.4 Å². The second-order valence-electron chi connectivity index (χ2n) is 4.28. The maximum absolute atomic E-state index is 11.5. The highest BCUT2D eigenvalue weighted by Crippen LogP contribution is 2.19. The number of hydrogen-bond donors (Lipinski definition) is 1. The fourth-order valence-electron chi connectivity index (χ4n) is 1.73. The molecule has 0 aliphatic carbocycles. The van der Waals surface area contributed by atoms with E-state index in [0.29, 0.717) is 5.82 Å². The van der Waals surface area contributed by atoms with E-state index in [-0.39, 0.29) is 18.1 Å². The van der Waals surface area contributed by atoms with Crippen LogP contribution in [0, 0.1) is 0 Å². The zero-order chi connectivity index (χ0) is 13.9. The Bertz CT molecular complexity index is 648. The van der Waals surface area contributed by atoms with Crippen LogP contribution in [0.2, 0.25) is 0 Å². The number of sulfone groups is 1. The average Bonchev–Trinajstić information content (AvgIpc) is 2.79. The van der Waals surface area contributed by atoms with E-state index in [4.69, 9.17) is 5.73 Å². The lowest BCUT2D eigenvalue weighted by Gasteiger charge is -2.03. The van der Waals surface area contributed by atoms with Gasteiger partial charge in [-0.3, -0.25) is 0 Å². The van der Waals surface area contributed by atoms with E-state index in [2.05, 4.69) is 5.10 Å². The van der Waals surface area contributed by atoms with Crippen LogP contribution in [0.15, 0.2) is 36.4 Å². The minimum absolute atomic E-state index is 0.0591. The minimum Gasteiger partial charge on any atom is -0.384 e. The van der Waals surface area contributed by atoms with Crippen LogP contribution < -0.4 is 5.73 Å². The Morgan fingerprint density at radius 2 is 1.95 bits per heavy atom. The summed E-state index contributed by atoms with van der Waals surface area (Å²) >= 11 is 0. The topological polar surface area (TPSA) is 78.0 Å². The van der Waals surface area contributed by atoms with Gasteiger partial charge in [0, 0.05) is 17.4 Å². The van der Waals surface area contributed by atoms with Crippen LogP contribution in [-0.4, -0.2) is 29.7 Å². The van der Waals surface area contributed by atoms with Gasteiger partial charge in [0.2, 0.25) is 0 Å². The van der Waals surface area contributed by atoms with Crippen molar-refractivity contribution >= 4 is 15.7 Å². The van der Waals surface area contributed by atoms with Crippen LogP contribution in [0.25, 0.3) is 11.3 Å². The number of benzene rings is 1. The minimum atomic E-state index is -3.01. The van der Waals surface area contributed by atoms with E-state index >= 15 is 0 Å². The predicted molar refractivity (Wildman–Crippen MR) is 76.4 cm³/mol. The Labute approximate surface area is 113 Å². The van der Waals surface area contributed by atoms with Crippen molar-refractivity contribution in [1.29, 1.82) is 0 Å². The largest absolute Gasteiger partial charge is 0.384 e. The molecule has 0 saturated heterocycles. The number of aromatic nitrogens is 2. The Morgan fingerprint density at radius 1 is 1.26 bits per heavy atom. The number of nitrogen functional groups attached to an aromatic ring is 1. The van der Waals surface area contributed by atoms with Gasteiger partial charge in [-0.2, -0.15) is 5.10 Å². The van der Waals surface area contributed by atoms with Gasteiger partial charge in [-0.05, 0) is 0 Å². The highest BCUT2D eigenvalue weighted by Gasteiger charge is 2.11. The van der Waals surface area contributed by atoms with Crippen molar-refractivity contribution in [3.05, 3.63) is 36.4 Å².